The Hall–Kier alpha value is -3.69. The number of aryl methyl sites for hydroxylation is 1. The number of aromatic nitrogens is 1. The highest BCUT2D eigenvalue weighted by Gasteiger charge is 2.35. The van der Waals surface area contributed by atoms with E-state index in [1.54, 1.807) is 12.1 Å². The maximum absolute atomic E-state index is 12.8. The van der Waals surface area contributed by atoms with Gasteiger partial charge in [0.05, 0.1) is 26.7 Å². The van der Waals surface area contributed by atoms with Gasteiger partial charge in [-0.2, -0.15) is 13.2 Å². The summed E-state index contributed by atoms with van der Waals surface area (Å²) in [4.78, 5) is 14.5. The molecular weight excluding hydrogens is 467 g/mol. The van der Waals surface area contributed by atoms with E-state index in [1.165, 1.54) is 13.2 Å². The number of carboxylic acid groups (broad SMARTS) is 1. The van der Waals surface area contributed by atoms with E-state index in [1.807, 2.05) is 18.2 Å². The Morgan fingerprint density at radius 1 is 1.14 bits per heavy atom. The van der Waals surface area contributed by atoms with Crippen molar-refractivity contribution in [1.82, 2.24) is 4.98 Å². The van der Waals surface area contributed by atoms with E-state index >= 15 is 0 Å². The predicted octanol–water partition coefficient (Wildman–Crippen LogP) is 5.72. The number of hydrogen-bond acceptors (Lipinski definition) is 6. The third-order valence-electron chi connectivity index (χ3n) is 5.76. The van der Waals surface area contributed by atoms with Crippen LogP contribution in [0.3, 0.4) is 0 Å². The molecule has 0 unspecified atom stereocenters. The summed E-state index contributed by atoms with van der Waals surface area (Å²) in [5.74, 6) is 0.597. The van der Waals surface area contributed by atoms with Gasteiger partial charge in [-0.3, -0.25) is 4.79 Å². The maximum Gasteiger partial charge on any atom is 0.436 e. The van der Waals surface area contributed by atoms with Gasteiger partial charge in [0.25, 0.3) is 0 Å². The number of carboxylic acids is 1. The lowest BCUT2D eigenvalue weighted by Crippen LogP contribution is -2.06. The highest BCUT2D eigenvalue weighted by atomic mass is 19.4. The lowest BCUT2D eigenvalue weighted by atomic mass is 9.98. The van der Waals surface area contributed by atoms with E-state index in [-0.39, 0.29) is 18.2 Å². The van der Waals surface area contributed by atoms with Crippen molar-refractivity contribution in [2.75, 3.05) is 20.3 Å². The van der Waals surface area contributed by atoms with Crippen LogP contribution in [0.25, 0.3) is 11.5 Å². The van der Waals surface area contributed by atoms with E-state index < -0.39 is 17.8 Å². The van der Waals surface area contributed by atoms with Gasteiger partial charge in [-0.15, -0.1) is 0 Å². The molecule has 1 N–H and O–H groups in total. The Labute approximate surface area is 199 Å². The van der Waals surface area contributed by atoms with Crippen molar-refractivity contribution >= 4 is 5.97 Å². The molecule has 7 nitrogen and oxygen atoms in total. The number of oxazole rings is 1. The molecule has 0 aliphatic heterocycles. The van der Waals surface area contributed by atoms with E-state index in [0.717, 1.165) is 29.7 Å². The largest absolute Gasteiger partial charge is 0.493 e. The molecule has 1 atom stereocenters. The van der Waals surface area contributed by atoms with Gasteiger partial charge in [0, 0.05) is 12.0 Å². The first-order valence-electron chi connectivity index (χ1n) is 11.1. The monoisotopic (exact) mass is 491 g/mol. The number of benzene rings is 2. The summed E-state index contributed by atoms with van der Waals surface area (Å²) in [6.07, 6.45) is -1.62. The number of nitrogens with zero attached hydrogens (tertiary/aromatic N) is 1. The van der Waals surface area contributed by atoms with Crippen LogP contribution in [0, 0.1) is 0 Å². The number of methoxy groups -OCH3 is 1. The first kappa shape index (κ1) is 24.4. The summed E-state index contributed by atoms with van der Waals surface area (Å²) in [5, 5.41) is 9.04. The molecule has 0 saturated heterocycles. The first-order valence-corrected chi connectivity index (χ1v) is 11.1. The molecule has 10 heteroatoms. The molecule has 0 radical (unpaired) electrons. The van der Waals surface area contributed by atoms with Crippen LogP contribution in [0.15, 0.2) is 47.1 Å². The highest BCUT2D eigenvalue weighted by Crippen LogP contribution is 2.38. The predicted molar refractivity (Wildman–Crippen MR) is 119 cm³/mol. The van der Waals surface area contributed by atoms with Crippen molar-refractivity contribution in [3.05, 3.63) is 59.5 Å². The molecule has 1 aromatic heterocycles. The average Bonchev–Trinajstić information content (AvgIpc) is 3.46. The minimum absolute atomic E-state index is 0.0570. The number of rotatable bonds is 10. The molecule has 0 spiro atoms. The second kappa shape index (κ2) is 10.3. The summed E-state index contributed by atoms with van der Waals surface area (Å²) in [6, 6.07) is 10.4. The minimum Gasteiger partial charge on any atom is -0.493 e. The van der Waals surface area contributed by atoms with Gasteiger partial charge in [0.1, 0.15) is 12.0 Å². The molecule has 0 saturated carbocycles. The van der Waals surface area contributed by atoms with Crippen molar-refractivity contribution in [2.24, 2.45) is 0 Å². The SMILES string of the molecule is COc1cc(-c2nc(C(F)(F)F)co2)ccc1OCCCOc1ccc2c(c1)CC[C@H]2CC(=O)O. The van der Waals surface area contributed by atoms with Crippen LogP contribution in [-0.2, 0) is 17.4 Å². The third-order valence-corrected chi connectivity index (χ3v) is 5.76. The second-order valence-electron chi connectivity index (χ2n) is 8.15. The fourth-order valence-corrected chi connectivity index (χ4v) is 4.08. The normalized spacial score (nSPS) is 15.0. The quantitative estimate of drug-likeness (QED) is 0.363. The first-order chi connectivity index (χ1) is 16.7. The van der Waals surface area contributed by atoms with Gasteiger partial charge in [0.2, 0.25) is 5.89 Å². The molecule has 4 rings (SSSR count). The third kappa shape index (κ3) is 5.87. The van der Waals surface area contributed by atoms with E-state index in [4.69, 9.17) is 23.7 Å². The topological polar surface area (TPSA) is 91.0 Å². The van der Waals surface area contributed by atoms with Crippen LogP contribution in [0.1, 0.15) is 42.0 Å². The van der Waals surface area contributed by atoms with E-state index in [2.05, 4.69) is 4.98 Å². The molecule has 35 heavy (non-hydrogen) atoms. The van der Waals surface area contributed by atoms with Gasteiger partial charge in [-0.25, -0.2) is 4.98 Å². The molecule has 1 aliphatic carbocycles. The lowest BCUT2D eigenvalue weighted by Gasteiger charge is -2.13. The average molecular weight is 491 g/mol. The number of hydrogen-bond donors (Lipinski definition) is 1. The summed E-state index contributed by atoms with van der Waals surface area (Å²) in [7, 11) is 1.43. The molecule has 1 aliphatic rings. The van der Waals surface area contributed by atoms with Gasteiger partial charge in [0.15, 0.2) is 17.2 Å². The smallest absolute Gasteiger partial charge is 0.436 e. The van der Waals surface area contributed by atoms with Crippen molar-refractivity contribution in [3.63, 3.8) is 0 Å². The molecular formula is C25H24F3NO6. The zero-order valence-corrected chi connectivity index (χ0v) is 18.9. The van der Waals surface area contributed by atoms with Crippen LogP contribution in [0.2, 0.25) is 0 Å². The molecule has 0 amide bonds. The van der Waals surface area contributed by atoms with E-state index in [0.29, 0.717) is 43.0 Å². The van der Waals surface area contributed by atoms with E-state index in [9.17, 15) is 18.0 Å². The molecule has 186 valence electrons. The lowest BCUT2D eigenvalue weighted by molar-refractivity contribution is -0.141. The van der Waals surface area contributed by atoms with Crippen LogP contribution in [0.5, 0.6) is 17.2 Å². The van der Waals surface area contributed by atoms with Crippen molar-refractivity contribution < 1.29 is 41.7 Å². The van der Waals surface area contributed by atoms with Crippen LogP contribution in [-0.4, -0.2) is 36.4 Å². The van der Waals surface area contributed by atoms with Gasteiger partial charge in [-0.05, 0) is 60.2 Å². The summed E-state index contributed by atoms with van der Waals surface area (Å²) >= 11 is 0. The minimum atomic E-state index is -4.58. The molecule has 0 bridgehead atoms. The summed E-state index contributed by atoms with van der Waals surface area (Å²) in [6.45, 7) is 0.743. The molecule has 2 aromatic carbocycles. The van der Waals surface area contributed by atoms with Gasteiger partial charge in [-0.1, -0.05) is 6.07 Å². The van der Waals surface area contributed by atoms with Gasteiger partial charge >= 0.3 is 12.1 Å². The summed E-state index contributed by atoms with van der Waals surface area (Å²) in [5.41, 5.74) is 1.44. The van der Waals surface area contributed by atoms with Gasteiger partial charge < -0.3 is 23.7 Å². The molecule has 3 aromatic rings. The van der Waals surface area contributed by atoms with Crippen molar-refractivity contribution in [2.45, 2.75) is 37.8 Å². The second-order valence-corrected chi connectivity index (χ2v) is 8.15. The van der Waals surface area contributed by atoms with Crippen LogP contribution < -0.4 is 14.2 Å². The fraction of sp³-hybridized carbons (Fsp3) is 0.360. The molecule has 0 fully saturated rings. The number of halogens is 3. The number of fused-ring (bicyclic) bond motifs is 1. The zero-order chi connectivity index (χ0) is 25.0. The zero-order valence-electron chi connectivity index (χ0n) is 18.9. The highest BCUT2D eigenvalue weighted by molar-refractivity contribution is 5.68. The number of carbonyl (C=O) groups is 1. The Morgan fingerprint density at radius 2 is 1.94 bits per heavy atom. The van der Waals surface area contributed by atoms with Crippen molar-refractivity contribution in [3.8, 4) is 28.7 Å². The Bertz CT molecular complexity index is 1190. The number of aliphatic carboxylic acids is 1. The Kier molecular flexibility index (Phi) is 7.18. The van der Waals surface area contributed by atoms with Crippen LogP contribution in [0.4, 0.5) is 13.2 Å². The fourth-order valence-electron chi connectivity index (χ4n) is 4.08. The number of ether oxygens (including phenoxy) is 3. The Balaban J connectivity index is 1.28. The number of alkyl halides is 3. The van der Waals surface area contributed by atoms with Crippen molar-refractivity contribution in [1.29, 1.82) is 0 Å². The van der Waals surface area contributed by atoms with Crippen LogP contribution >= 0.6 is 0 Å². The Morgan fingerprint density at radius 3 is 2.66 bits per heavy atom. The molecule has 1 heterocycles. The standard InChI is InChI=1S/C25H24F3NO6/c1-32-21-12-17(24-29-22(14-35-24)25(26,27)28)5-8-20(21)34-10-2-9-33-18-6-7-19-15(11-18)3-4-16(19)13-23(30)31/h5-8,11-12,14,16H,2-4,9-10,13H2,1H3,(H,30,31)/t16-/m0/s1. The summed E-state index contributed by atoms with van der Waals surface area (Å²) < 4.78 is 60.1. The maximum atomic E-state index is 12.8.